The number of rotatable bonds is 5. The average Bonchev–Trinajstić information content (AvgIpc) is 2.95. The van der Waals surface area contributed by atoms with E-state index in [-0.39, 0.29) is 5.91 Å². The smallest absolute Gasteiger partial charge is 0.271 e. The Balaban J connectivity index is 1.96. The average molecular weight is 315 g/mol. The maximum Gasteiger partial charge on any atom is 0.271 e. The van der Waals surface area contributed by atoms with Crippen molar-refractivity contribution in [2.45, 2.75) is 25.1 Å². The summed E-state index contributed by atoms with van der Waals surface area (Å²) in [6.45, 7) is 6.05. The van der Waals surface area contributed by atoms with Gasteiger partial charge in [0.25, 0.3) is 5.91 Å². The van der Waals surface area contributed by atoms with Crippen molar-refractivity contribution in [2.24, 2.45) is 5.92 Å². The zero-order chi connectivity index (χ0) is 13.8. The molecule has 2 rings (SSSR count). The molecule has 0 aliphatic rings. The van der Waals surface area contributed by atoms with Gasteiger partial charge in [0.15, 0.2) is 4.34 Å². The number of aromatic nitrogens is 4. The first-order valence-corrected chi connectivity index (χ1v) is 8.20. The summed E-state index contributed by atoms with van der Waals surface area (Å²) in [4.78, 5) is 12.4. The van der Waals surface area contributed by atoms with Crippen LogP contribution >= 0.6 is 34.6 Å². The summed E-state index contributed by atoms with van der Waals surface area (Å²) in [5.41, 5.74) is 0.626. The maximum absolute atomic E-state index is 11.9. The van der Waals surface area contributed by atoms with Crippen molar-refractivity contribution in [3.63, 3.8) is 0 Å². The second kappa shape index (κ2) is 6.40. The number of aryl methyl sites for hydroxylation is 1. The van der Waals surface area contributed by atoms with Crippen LogP contribution in [0.15, 0.2) is 4.34 Å². The van der Waals surface area contributed by atoms with Crippen LogP contribution in [-0.4, -0.2) is 31.4 Å². The van der Waals surface area contributed by atoms with E-state index in [1.165, 1.54) is 11.3 Å². The summed E-state index contributed by atoms with van der Waals surface area (Å²) in [7, 11) is 0. The van der Waals surface area contributed by atoms with Crippen molar-refractivity contribution >= 4 is 45.7 Å². The highest BCUT2D eigenvalue weighted by atomic mass is 32.2. The number of anilines is 1. The van der Waals surface area contributed by atoms with E-state index in [1.807, 2.05) is 0 Å². The first-order valence-electron chi connectivity index (χ1n) is 5.63. The molecular formula is C10H13N5OS3. The van der Waals surface area contributed by atoms with Gasteiger partial charge in [0.05, 0.1) is 5.69 Å². The fourth-order valence-corrected chi connectivity index (χ4v) is 3.43. The zero-order valence-electron chi connectivity index (χ0n) is 10.7. The van der Waals surface area contributed by atoms with Crippen LogP contribution in [0.5, 0.6) is 0 Å². The van der Waals surface area contributed by atoms with E-state index in [0.29, 0.717) is 21.6 Å². The van der Waals surface area contributed by atoms with E-state index < -0.39 is 0 Å². The standard InChI is InChI=1S/C10H13N5OS3/c1-5(2)4-17-10-14-13-9(18-10)11-8(16)7-6(3)12-15-19-7/h5H,4H2,1-3H3,(H,11,13,16). The van der Waals surface area contributed by atoms with Crippen LogP contribution in [0.1, 0.15) is 29.2 Å². The Morgan fingerprint density at radius 3 is 2.79 bits per heavy atom. The van der Waals surface area contributed by atoms with Crippen molar-refractivity contribution in [1.29, 1.82) is 0 Å². The molecule has 1 amide bonds. The fourth-order valence-electron chi connectivity index (χ4n) is 1.15. The number of nitrogens with one attached hydrogen (secondary N) is 1. The highest BCUT2D eigenvalue weighted by Gasteiger charge is 2.15. The Bertz CT molecular complexity index is 565. The molecule has 0 atom stereocenters. The zero-order valence-corrected chi connectivity index (χ0v) is 13.2. The van der Waals surface area contributed by atoms with Crippen molar-refractivity contribution in [1.82, 2.24) is 19.8 Å². The molecule has 0 aliphatic heterocycles. The van der Waals surface area contributed by atoms with Gasteiger partial charge in [0, 0.05) is 5.75 Å². The Labute approximate surface area is 123 Å². The number of thioether (sulfide) groups is 1. The monoisotopic (exact) mass is 315 g/mol. The third-order valence-electron chi connectivity index (χ3n) is 2.02. The van der Waals surface area contributed by atoms with Gasteiger partial charge < -0.3 is 0 Å². The molecule has 0 bridgehead atoms. The lowest BCUT2D eigenvalue weighted by Gasteiger charge is -1.99. The summed E-state index contributed by atoms with van der Waals surface area (Å²) in [5.74, 6) is 1.35. The molecule has 0 aliphatic carbocycles. The SMILES string of the molecule is Cc1nnsc1C(=O)Nc1nnc(SCC(C)C)s1. The minimum Gasteiger partial charge on any atom is -0.296 e. The van der Waals surface area contributed by atoms with Crippen LogP contribution in [0, 0.1) is 12.8 Å². The van der Waals surface area contributed by atoms with E-state index in [4.69, 9.17) is 0 Å². The second-order valence-electron chi connectivity index (χ2n) is 4.22. The van der Waals surface area contributed by atoms with Crippen molar-refractivity contribution < 1.29 is 4.79 Å². The molecule has 19 heavy (non-hydrogen) atoms. The van der Waals surface area contributed by atoms with Crippen LogP contribution < -0.4 is 5.32 Å². The highest BCUT2D eigenvalue weighted by molar-refractivity contribution is 8.01. The van der Waals surface area contributed by atoms with Gasteiger partial charge >= 0.3 is 0 Å². The molecule has 2 aromatic heterocycles. The van der Waals surface area contributed by atoms with Crippen LogP contribution in [0.2, 0.25) is 0 Å². The molecule has 2 heterocycles. The molecule has 6 nitrogen and oxygen atoms in total. The van der Waals surface area contributed by atoms with Crippen LogP contribution in [0.25, 0.3) is 0 Å². The molecule has 0 fully saturated rings. The molecule has 0 aromatic carbocycles. The quantitative estimate of drug-likeness (QED) is 0.675. The third-order valence-corrected chi connectivity index (χ3v) is 5.25. The molecule has 9 heteroatoms. The summed E-state index contributed by atoms with van der Waals surface area (Å²) >= 11 is 4.10. The van der Waals surface area contributed by atoms with Gasteiger partial charge in [-0.3, -0.25) is 10.1 Å². The molecular weight excluding hydrogens is 302 g/mol. The Hall–Kier alpha value is -1.06. The Morgan fingerprint density at radius 1 is 1.37 bits per heavy atom. The number of hydrogen-bond acceptors (Lipinski definition) is 8. The molecule has 102 valence electrons. The first kappa shape index (κ1) is 14.4. The van der Waals surface area contributed by atoms with Gasteiger partial charge in [0.1, 0.15) is 4.88 Å². The maximum atomic E-state index is 11.9. The number of nitrogens with zero attached hydrogens (tertiary/aromatic N) is 4. The molecule has 1 N–H and O–H groups in total. The lowest BCUT2D eigenvalue weighted by Crippen LogP contribution is -2.11. The molecule has 0 radical (unpaired) electrons. The van der Waals surface area contributed by atoms with Crippen molar-refractivity contribution in [2.75, 3.05) is 11.1 Å². The fraction of sp³-hybridized carbons (Fsp3) is 0.500. The van der Waals surface area contributed by atoms with E-state index in [0.717, 1.165) is 21.6 Å². The van der Waals surface area contributed by atoms with Gasteiger partial charge in [-0.1, -0.05) is 41.4 Å². The summed E-state index contributed by atoms with van der Waals surface area (Å²) in [5, 5.41) is 15.0. The van der Waals surface area contributed by atoms with Crippen LogP contribution in [-0.2, 0) is 0 Å². The van der Waals surface area contributed by atoms with Gasteiger partial charge in [-0.15, -0.1) is 15.3 Å². The van der Waals surface area contributed by atoms with Crippen molar-refractivity contribution in [3.05, 3.63) is 10.6 Å². The molecule has 2 aromatic rings. The van der Waals surface area contributed by atoms with Gasteiger partial charge in [-0.2, -0.15) is 0 Å². The number of carbonyl (C=O) groups is 1. The van der Waals surface area contributed by atoms with Gasteiger partial charge in [-0.05, 0) is 24.4 Å². The van der Waals surface area contributed by atoms with Crippen LogP contribution in [0.3, 0.4) is 0 Å². The second-order valence-corrected chi connectivity index (χ2v) is 7.22. The number of amides is 1. The third kappa shape index (κ3) is 3.95. The topological polar surface area (TPSA) is 80.7 Å². The Morgan fingerprint density at radius 2 is 2.16 bits per heavy atom. The number of carbonyl (C=O) groups excluding carboxylic acids is 1. The summed E-state index contributed by atoms with van der Waals surface area (Å²) < 4.78 is 4.60. The molecule has 0 saturated carbocycles. The molecule has 0 saturated heterocycles. The molecule has 0 unspecified atom stereocenters. The van der Waals surface area contributed by atoms with Gasteiger partial charge in [0.2, 0.25) is 5.13 Å². The van der Waals surface area contributed by atoms with E-state index in [2.05, 4.69) is 38.9 Å². The van der Waals surface area contributed by atoms with Gasteiger partial charge in [-0.25, -0.2) is 0 Å². The van der Waals surface area contributed by atoms with Crippen LogP contribution in [0.4, 0.5) is 5.13 Å². The van der Waals surface area contributed by atoms with E-state index in [9.17, 15) is 4.79 Å². The first-order chi connectivity index (χ1) is 9.06. The highest BCUT2D eigenvalue weighted by Crippen LogP contribution is 2.27. The number of hydrogen-bond donors (Lipinski definition) is 1. The van der Waals surface area contributed by atoms with E-state index in [1.54, 1.807) is 18.7 Å². The Kier molecular flexibility index (Phi) is 4.83. The predicted octanol–water partition coefficient (Wildman–Crippen LogP) is 2.70. The minimum atomic E-state index is -0.232. The lowest BCUT2D eigenvalue weighted by atomic mass is 10.3. The largest absolute Gasteiger partial charge is 0.296 e. The summed E-state index contributed by atoms with van der Waals surface area (Å²) in [6.07, 6.45) is 0. The lowest BCUT2D eigenvalue weighted by molar-refractivity contribution is 0.102. The normalized spacial score (nSPS) is 10.9. The van der Waals surface area contributed by atoms with Crippen molar-refractivity contribution in [3.8, 4) is 0 Å². The van der Waals surface area contributed by atoms with E-state index >= 15 is 0 Å². The minimum absolute atomic E-state index is 0.232. The predicted molar refractivity (Wildman–Crippen MR) is 78.1 cm³/mol. The molecule has 0 spiro atoms. The summed E-state index contributed by atoms with van der Waals surface area (Å²) in [6, 6.07) is 0.